The average molecular weight is 182 g/mol. The van der Waals surface area contributed by atoms with Gasteiger partial charge in [0.15, 0.2) is 0 Å². The van der Waals surface area contributed by atoms with Crippen LogP contribution in [0.2, 0.25) is 0 Å². The minimum absolute atomic E-state index is 0.0399. The maximum Gasteiger partial charge on any atom is 0.292 e. The molecule has 0 saturated carbocycles. The summed E-state index contributed by atoms with van der Waals surface area (Å²) in [7, 11) is 0. The average Bonchev–Trinajstić information content (AvgIpc) is 2.08. The zero-order valence-corrected chi connectivity index (χ0v) is 7.15. The van der Waals surface area contributed by atoms with Crippen LogP contribution in [0.25, 0.3) is 0 Å². The first-order valence-corrected chi connectivity index (χ1v) is 3.70. The minimum Gasteiger partial charge on any atom is -0.393 e. The third-order valence-electron chi connectivity index (χ3n) is 1.76. The molecule has 0 atom stereocenters. The van der Waals surface area contributed by atoms with Crippen molar-refractivity contribution in [3.05, 3.63) is 33.4 Å². The summed E-state index contributed by atoms with van der Waals surface area (Å²) in [5, 5.41) is 19.3. The molecule has 5 nitrogen and oxygen atoms in total. The predicted molar refractivity (Wildman–Crippen MR) is 48.2 cm³/mol. The Hall–Kier alpha value is -1.62. The molecule has 0 fully saturated rings. The fraction of sp³-hybridized carbons (Fsp3) is 0.250. The van der Waals surface area contributed by atoms with Crippen LogP contribution in [0.4, 0.5) is 11.4 Å². The van der Waals surface area contributed by atoms with Gasteiger partial charge in [-0.25, -0.2) is 0 Å². The number of aryl methyl sites for hydroxylation is 1. The second-order valence-corrected chi connectivity index (χ2v) is 2.77. The first kappa shape index (κ1) is 9.47. The summed E-state index contributed by atoms with van der Waals surface area (Å²) < 4.78 is 0. The number of nitrogens with two attached hydrogens (primary N) is 1. The van der Waals surface area contributed by atoms with E-state index in [0.717, 1.165) is 0 Å². The highest BCUT2D eigenvalue weighted by molar-refractivity contribution is 5.64. The van der Waals surface area contributed by atoms with E-state index in [4.69, 9.17) is 10.8 Å². The van der Waals surface area contributed by atoms with E-state index < -0.39 is 4.92 Å². The van der Waals surface area contributed by atoms with Gasteiger partial charge in [-0.2, -0.15) is 0 Å². The SMILES string of the molecule is Cc1cc(CO)c(N)c([N+](=O)[O-])c1. The number of hydrogen-bond donors (Lipinski definition) is 2. The van der Waals surface area contributed by atoms with Crippen molar-refractivity contribution in [2.45, 2.75) is 13.5 Å². The Bertz CT molecular complexity index is 349. The lowest BCUT2D eigenvalue weighted by Crippen LogP contribution is -2.01. The van der Waals surface area contributed by atoms with Gasteiger partial charge in [0, 0.05) is 11.6 Å². The summed E-state index contributed by atoms with van der Waals surface area (Å²) in [5.41, 5.74) is 6.46. The lowest BCUT2D eigenvalue weighted by atomic mass is 10.1. The number of nitrogens with zero attached hydrogens (tertiary/aromatic N) is 1. The van der Waals surface area contributed by atoms with Crippen molar-refractivity contribution in [3.8, 4) is 0 Å². The molecular weight excluding hydrogens is 172 g/mol. The molecule has 1 aromatic rings. The summed E-state index contributed by atoms with van der Waals surface area (Å²) in [6, 6.07) is 3.01. The number of nitro benzene ring substituents is 1. The summed E-state index contributed by atoms with van der Waals surface area (Å²) in [6.07, 6.45) is 0. The molecule has 0 unspecified atom stereocenters. The van der Waals surface area contributed by atoms with Crippen LogP contribution >= 0.6 is 0 Å². The molecule has 0 aliphatic rings. The molecule has 0 aromatic heterocycles. The topological polar surface area (TPSA) is 89.4 Å². The fourth-order valence-electron chi connectivity index (χ4n) is 1.13. The van der Waals surface area contributed by atoms with Crippen LogP contribution < -0.4 is 5.73 Å². The van der Waals surface area contributed by atoms with Gasteiger partial charge < -0.3 is 10.8 Å². The highest BCUT2D eigenvalue weighted by atomic mass is 16.6. The number of anilines is 1. The number of benzene rings is 1. The Kier molecular flexibility index (Phi) is 2.48. The molecule has 0 spiro atoms. The summed E-state index contributed by atoms with van der Waals surface area (Å²) in [6.45, 7) is 1.43. The van der Waals surface area contributed by atoms with Gasteiger partial charge in [-0.3, -0.25) is 10.1 Å². The molecule has 0 heterocycles. The van der Waals surface area contributed by atoms with Gasteiger partial charge in [0.2, 0.25) is 0 Å². The van der Waals surface area contributed by atoms with Crippen LogP contribution in [0.3, 0.4) is 0 Å². The van der Waals surface area contributed by atoms with Crippen LogP contribution in [0.1, 0.15) is 11.1 Å². The molecular formula is C8H10N2O3. The van der Waals surface area contributed by atoms with Gasteiger partial charge in [0.1, 0.15) is 5.69 Å². The van der Waals surface area contributed by atoms with Gasteiger partial charge in [-0.1, -0.05) is 6.07 Å². The molecule has 0 aliphatic carbocycles. The van der Waals surface area contributed by atoms with Crippen LogP contribution in [0.5, 0.6) is 0 Å². The molecule has 13 heavy (non-hydrogen) atoms. The molecule has 0 bridgehead atoms. The maximum absolute atomic E-state index is 10.5. The molecule has 0 saturated heterocycles. The zero-order chi connectivity index (χ0) is 10.0. The highest BCUT2D eigenvalue weighted by Gasteiger charge is 2.14. The van der Waals surface area contributed by atoms with Crippen LogP contribution in [0.15, 0.2) is 12.1 Å². The van der Waals surface area contributed by atoms with E-state index in [0.29, 0.717) is 11.1 Å². The van der Waals surface area contributed by atoms with Gasteiger partial charge in [-0.05, 0) is 12.5 Å². The third kappa shape index (κ3) is 1.75. The quantitative estimate of drug-likeness (QED) is 0.405. The summed E-state index contributed by atoms with van der Waals surface area (Å²) in [5.74, 6) is 0. The Labute approximate surface area is 74.9 Å². The normalized spacial score (nSPS) is 10.0. The standard InChI is InChI=1S/C8H10N2O3/c1-5-2-6(4-11)8(9)7(3-5)10(12)13/h2-3,11H,4,9H2,1H3. The Morgan fingerprint density at radius 1 is 1.62 bits per heavy atom. The second kappa shape index (κ2) is 3.40. The van der Waals surface area contributed by atoms with E-state index in [1.165, 1.54) is 6.07 Å². The maximum atomic E-state index is 10.5. The largest absolute Gasteiger partial charge is 0.393 e. The van der Waals surface area contributed by atoms with E-state index in [-0.39, 0.29) is 18.0 Å². The predicted octanol–water partition coefficient (Wildman–Crippen LogP) is 0.978. The molecule has 3 N–H and O–H groups in total. The van der Waals surface area contributed by atoms with Crippen LogP contribution in [0, 0.1) is 17.0 Å². The van der Waals surface area contributed by atoms with E-state index in [9.17, 15) is 10.1 Å². The number of rotatable bonds is 2. The number of hydrogen-bond acceptors (Lipinski definition) is 4. The zero-order valence-electron chi connectivity index (χ0n) is 7.15. The number of nitro groups is 1. The Morgan fingerprint density at radius 2 is 2.23 bits per heavy atom. The highest BCUT2D eigenvalue weighted by Crippen LogP contribution is 2.26. The smallest absolute Gasteiger partial charge is 0.292 e. The van der Waals surface area contributed by atoms with Crippen molar-refractivity contribution in [1.82, 2.24) is 0 Å². The second-order valence-electron chi connectivity index (χ2n) is 2.77. The van der Waals surface area contributed by atoms with Crippen molar-refractivity contribution < 1.29 is 10.0 Å². The van der Waals surface area contributed by atoms with E-state index >= 15 is 0 Å². The molecule has 0 amide bonds. The third-order valence-corrected chi connectivity index (χ3v) is 1.76. The minimum atomic E-state index is -0.554. The van der Waals surface area contributed by atoms with Crippen molar-refractivity contribution in [3.63, 3.8) is 0 Å². The first-order chi connectivity index (χ1) is 6.06. The molecule has 0 radical (unpaired) electrons. The molecule has 70 valence electrons. The molecule has 5 heteroatoms. The number of aliphatic hydroxyl groups excluding tert-OH is 1. The van der Waals surface area contributed by atoms with Crippen molar-refractivity contribution in [1.29, 1.82) is 0 Å². The van der Waals surface area contributed by atoms with E-state index in [1.54, 1.807) is 13.0 Å². The summed E-state index contributed by atoms with van der Waals surface area (Å²) in [4.78, 5) is 9.93. The molecule has 1 rings (SSSR count). The number of aliphatic hydroxyl groups is 1. The molecule has 0 aliphatic heterocycles. The van der Waals surface area contributed by atoms with Crippen LogP contribution in [-0.4, -0.2) is 10.0 Å². The van der Waals surface area contributed by atoms with Gasteiger partial charge in [0.05, 0.1) is 11.5 Å². The van der Waals surface area contributed by atoms with Gasteiger partial charge in [-0.15, -0.1) is 0 Å². The van der Waals surface area contributed by atoms with Crippen LogP contribution in [-0.2, 0) is 6.61 Å². The van der Waals surface area contributed by atoms with E-state index in [2.05, 4.69) is 0 Å². The van der Waals surface area contributed by atoms with E-state index in [1.807, 2.05) is 0 Å². The number of nitrogen functional groups attached to an aromatic ring is 1. The monoisotopic (exact) mass is 182 g/mol. The Morgan fingerprint density at radius 3 is 2.69 bits per heavy atom. The lowest BCUT2D eigenvalue weighted by Gasteiger charge is -2.04. The molecule has 1 aromatic carbocycles. The van der Waals surface area contributed by atoms with Crippen molar-refractivity contribution in [2.24, 2.45) is 0 Å². The summed E-state index contributed by atoms with van der Waals surface area (Å²) >= 11 is 0. The first-order valence-electron chi connectivity index (χ1n) is 3.70. The lowest BCUT2D eigenvalue weighted by molar-refractivity contribution is -0.384. The Balaban J connectivity index is 3.35. The fourth-order valence-corrected chi connectivity index (χ4v) is 1.13. The van der Waals surface area contributed by atoms with Gasteiger partial charge in [0.25, 0.3) is 5.69 Å². The van der Waals surface area contributed by atoms with Gasteiger partial charge >= 0.3 is 0 Å². The van der Waals surface area contributed by atoms with Crippen molar-refractivity contribution in [2.75, 3.05) is 5.73 Å². The van der Waals surface area contributed by atoms with Crippen molar-refractivity contribution >= 4 is 11.4 Å².